The minimum absolute atomic E-state index is 0.145. The molecule has 1 aliphatic rings. The monoisotopic (exact) mass is 504 g/mol. The molecule has 182 valence electrons. The number of carbonyl (C=O) groups is 2. The van der Waals surface area contributed by atoms with Crippen LogP contribution >= 0.6 is 23.8 Å². The lowest BCUT2D eigenvalue weighted by atomic mass is 10.2. The van der Waals surface area contributed by atoms with Crippen LogP contribution in [0.15, 0.2) is 36.4 Å². The Morgan fingerprint density at radius 2 is 1.74 bits per heavy atom. The average Bonchev–Trinajstić information content (AvgIpc) is 2.83. The van der Waals surface area contributed by atoms with Gasteiger partial charge in [0.25, 0.3) is 5.91 Å². The summed E-state index contributed by atoms with van der Waals surface area (Å²) in [7, 11) is 3.03. The van der Waals surface area contributed by atoms with E-state index in [2.05, 4.69) is 15.5 Å². The highest BCUT2D eigenvalue weighted by atomic mass is 35.5. The number of carbonyl (C=O) groups excluding carboxylic acids is 2. The van der Waals surface area contributed by atoms with E-state index < -0.39 is 0 Å². The molecule has 2 N–H and O–H groups in total. The molecule has 10 heteroatoms. The van der Waals surface area contributed by atoms with Gasteiger partial charge in [0.2, 0.25) is 5.91 Å². The van der Waals surface area contributed by atoms with Gasteiger partial charge in [-0.2, -0.15) is 0 Å². The van der Waals surface area contributed by atoms with E-state index in [0.717, 1.165) is 25.2 Å². The first-order valence-corrected chi connectivity index (χ1v) is 11.8. The van der Waals surface area contributed by atoms with Gasteiger partial charge in [0.05, 0.1) is 24.9 Å². The van der Waals surface area contributed by atoms with Crippen LogP contribution in [0, 0.1) is 0 Å². The molecule has 8 nitrogen and oxygen atoms in total. The molecule has 2 aromatic rings. The molecule has 0 saturated carbocycles. The number of piperazine rings is 1. The van der Waals surface area contributed by atoms with Gasteiger partial charge in [0, 0.05) is 43.9 Å². The lowest BCUT2D eigenvalue weighted by Gasteiger charge is -2.36. The number of anilines is 2. The van der Waals surface area contributed by atoms with Crippen molar-refractivity contribution >= 4 is 52.1 Å². The van der Waals surface area contributed by atoms with Gasteiger partial charge in [-0.05, 0) is 55.0 Å². The summed E-state index contributed by atoms with van der Waals surface area (Å²) in [6, 6.07) is 10.4. The van der Waals surface area contributed by atoms with Crippen molar-refractivity contribution in [2.24, 2.45) is 0 Å². The molecule has 2 aromatic carbocycles. The normalized spacial score (nSPS) is 13.3. The predicted molar refractivity (Wildman–Crippen MR) is 138 cm³/mol. The molecular weight excluding hydrogens is 476 g/mol. The molecule has 0 spiro atoms. The maximum atomic E-state index is 12.6. The van der Waals surface area contributed by atoms with Crippen molar-refractivity contribution < 1.29 is 19.1 Å². The zero-order valence-electron chi connectivity index (χ0n) is 19.5. The zero-order chi connectivity index (χ0) is 24.7. The molecule has 1 heterocycles. The fraction of sp³-hybridized carbons (Fsp3) is 0.375. The molecule has 2 amide bonds. The number of ether oxygens (including phenoxy) is 2. The fourth-order valence-electron chi connectivity index (χ4n) is 3.72. The van der Waals surface area contributed by atoms with Crippen LogP contribution in [0.3, 0.4) is 0 Å². The summed E-state index contributed by atoms with van der Waals surface area (Å²) < 4.78 is 10.4. The summed E-state index contributed by atoms with van der Waals surface area (Å²) in [6.07, 6.45) is 1.44. The third-order valence-electron chi connectivity index (χ3n) is 5.52. The first-order valence-electron chi connectivity index (χ1n) is 11.0. The van der Waals surface area contributed by atoms with Crippen LogP contribution < -0.4 is 25.0 Å². The van der Waals surface area contributed by atoms with Crippen molar-refractivity contribution in [1.82, 2.24) is 10.2 Å². The Morgan fingerprint density at radius 3 is 2.35 bits per heavy atom. The minimum Gasteiger partial charge on any atom is -0.493 e. The number of nitrogens with one attached hydrogen (secondary N) is 2. The third-order valence-corrected chi connectivity index (χ3v) is 6.02. The number of rotatable bonds is 7. The summed E-state index contributed by atoms with van der Waals surface area (Å²) in [5.41, 5.74) is 1.94. The summed E-state index contributed by atoms with van der Waals surface area (Å²) >= 11 is 11.8. The Balaban J connectivity index is 1.57. The number of hydrogen-bond acceptors (Lipinski definition) is 6. The molecule has 0 unspecified atom stereocenters. The van der Waals surface area contributed by atoms with Crippen molar-refractivity contribution in [2.45, 2.75) is 19.8 Å². The molecule has 1 aliphatic heterocycles. The standard InChI is InChI=1S/C24H29ClN4O4S/c1-4-5-22(30)29-12-10-28(11-13-29)19-8-7-17(15-18(19)25)26-24(34)27-23(31)16-6-9-20(32-2)21(14-16)33-3/h6-9,14-15H,4-5,10-13H2,1-3H3,(H2,26,27,31,34). The fourth-order valence-corrected chi connectivity index (χ4v) is 4.24. The molecule has 0 radical (unpaired) electrons. The molecular formula is C24H29ClN4O4S. The maximum Gasteiger partial charge on any atom is 0.257 e. The number of benzene rings is 2. The summed E-state index contributed by atoms with van der Waals surface area (Å²) in [5, 5.41) is 6.35. The Labute approximate surface area is 210 Å². The van der Waals surface area contributed by atoms with E-state index >= 15 is 0 Å². The van der Waals surface area contributed by atoms with Crippen molar-refractivity contribution in [1.29, 1.82) is 0 Å². The number of thiocarbonyl (C=S) groups is 1. The zero-order valence-corrected chi connectivity index (χ0v) is 21.1. The van der Waals surface area contributed by atoms with Gasteiger partial charge in [0.1, 0.15) is 0 Å². The van der Waals surface area contributed by atoms with Gasteiger partial charge >= 0.3 is 0 Å². The largest absolute Gasteiger partial charge is 0.493 e. The van der Waals surface area contributed by atoms with Crippen LogP contribution in [0.2, 0.25) is 5.02 Å². The topological polar surface area (TPSA) is 83.1 Å². The molecule has 0 aromatic heterocycles. The Hall–Kier alpha value is -3.04. The van der Waals surface area contributed by atoms with Crippen LogP contribution in [0.5, 0.6) is 11.5 Å². The van der Waals surface area contributed by atoms with Crippen LogP contribution in [0.1, 0.15) is 30.1 Å². The van der Waals surface area contributed by atoms with Crippen molar-refractivity contribution in [3.05, 3.63) is 47.0 Å². The quantitative estimate of drug-likeness (QED) is 0.553. The summed E-state index contributed by atoms with van der Waals surface area (Å²) in [5.74, 6) is 0.809. The highest BCUT2D eigenvalue weighted by Crippen LogP contribution is 2.30. The van der Waals surface area contributed by atoms with E-state index in [1.165, 1.54) is 14.2 Å². The van der Waals surface area contributed by atoms with Gasteiger partial charge < -0.3 is 24.6 Å². The second-order valence-electron chi connectivity index (χ2n) is 7.76. The van der Waals surface area contributed by atoms with E-state index in [4.69, 9.17) is 33.3 Å². The lowest BCUT2D eigenvalue weighted by molar-refractivity contribution is -0.131. The van der Waals surface area contributed by atoms with Crippen LogP contribution in [-0.2, 0) is 4.79 Å². The van der Waals surface area contributed by atoms with Gasteiger partial charge in [-0.1, -0.05) is 18.5 Å². The smallest absolute Gasteiger partial charge is 0.257 e. The second-order valence-corrected chi connectivity index (χ2v) is 8.58. The van der Waals surface area contributed by atoms with Gasteiger partial charge in [0.15, 0.2) is 16.6 Å². The Kier molecular flexibility index (Phi) is 8.95. The van der Waals surface area contributed by atoms with Crippen molar-refractivity contribution in [3.63, 3.8) is 0 Å². The van der Waals surface area contributed by atoms with Gasteiger partial charge in [-0.25, -0.2) is 0 Å². The predicted octanol–water partition coefficient (Wildman–Crippen LogP) is 3.93. The Bertz CT molecular complexity index is 1060. The van der Waals surface area contributed by atoms with E-state index in [0.29, 0.717) is 47.3 Å². The summed E-state index contributed by atoms with van der Waals surface area (Å²) in [4.78, 5) is 28.7. The van der Waals surface area contributed by atoms with E-state index in [-0.39, 0.29) is 16.9 Å². The minimum atomic E-state index is -0.378. The first kappa shape index (κ1) is 25.6. The third kappa shape index (κ3) is 6.30. The van der Waals surface area contributed by atoms with Crippen molar-refractivity contribution in [3.8, 4) is 11.5 Å². The number of halogens is 1. The van der Waals surface area contributed by atoms with Gasteiger partial charge in [-0.15, -0.1) is 0 Å². The highest BCUT2D eigenvalue weighted by molar-refractivity contribution is 7.80. The molecule has 3 rings (SSSR count). The first-order chi connectivity index (χ1) is 16.4. The number of hydrogen-bond donors (Lipinski definition) is 2. The van der Waals surface area contributed by atoms with Crippen LogP contribution in [0.4, 0.5) is 11.4 Å². The second kappa shape index (κ2) is 11.9. The van der Waals surface area contributed by atoms with E-state index in [1.54, 1.807) is 24.3 Å². The van der Waals surface area contributed by atoms with Crippen LogP contribution in [-0.4, -0.2) is 62.2 Å². The molecule has 1 saturated heterocycles. The van der Waals surface area contributed by atoms with Gasteiger partial charge in [-0.3, -0.25) is 14.9 Å². The lowest BCUT2D eigenvalue weighted by Crippen LogP contribution is -2.48. The highest BCUT2D eigenvalue weighted by Gasteiger charge is 2.22. The number of methoxy groups -OCH3 is 2. The molecule has 0 bridgehead atoms. The van der Waals surface area contributed by atoms with E-state index in [9.17, 15) is 9.59 Å². The Morgan fingerprint density at radius 1 is 1.03 bits per heavy atom. The van der Waals surface area contributed by atoms with Crippen molar-refractivity contribution in [2.75, 3.05) is 50.6 Å². The molecule has 1 fully saturated rings. The molecule has 0 aliphatic carbocycles. The maximum absolute atomic E-state index is 12.6. The average molecular weight is 505 g/mol. The molecule has 34 heavy (non-hydrogen) atoms. The number of amides is 2. The summed E-state index contributed by atoms with van der Waals surface area (Å²) in [6.45, 7) is 4.82. The van der Waals surface area contributed by atoms with Crippen LogP contribution in [0.25, 0.3) is 0 Å². The van der Waals surface area contributed by atoms with E-state index in [1.807, 2.05) is 24.0 Å². The SMILES string of the molecule is CCCC(=O)N1CCN(c2ccc(NC(=S)NC(=O)c3ccc(OC)c(OC)c3)cc2Cl)CC1. The molecule has 0 atom stereocenters. The number of nitrogens with zero attached hydrogens (tertiary/aromatic N) is 2.